The number of ether oxygens (including phenoxy) is 3. The van der Waals surface area contributed by atoms with Crippen molar-refractivity contribution < 1.29 is 19.0 Å². The van der Waals surface area contributed by atoms with E-state index < -0.39 is 0 Å². The smallest absolute Gasteiger partial charge is 0.337 e. The van der Waals surface area contributed by atoms with Crippen molar-refractivity contribution in [1.29, 1.82) is 0 Å². The van der Waals surface area contributed by atoms with Gasteiger partial charge in [0.15, 0.2) is 0 Å². The molecule has 0 aliphatic carbocycles. The lowest BCUT2D eigenvalue weighted by atomic mass is 10.2. The molecule has 2 N–H and O–H groups in total. The predicted molar refractivity (Wildman–Crippen MR) is 112 cm³/mol. The number of rotatable bonds is 10. The molecule has 3 rings (SSSR count). The highest BCUT2D eigenvalue weighted by Gasteiger charge is 2.04. The first kappa shape index (κ1) is 20.2. The second kappa shape index (κ2) is 10.7. The molecule has 0 aliphatic heterocycles. The van der Waals surface area contributed by atoms with Gasteiger partial charge in [0.2, 0.25) is 0 Å². The summed E-state index contributed by atoms with van der Waals surface area (Å²) in [7, 11) is 1.36. The number of nitrogens with one attached hydrogen (secondary N) is 2. The van der Waals surface area contributed by atoms with E-state index in [-0.39, 0.29) is 5.97 Å². The van der Waals surface area contributed by atoms with Crippen molar-refractivity contribution in [1.82, 2.24) is 5.43 Å². The van der Waals surface area contributed by atoms with Gasteiger partial charge in [-0.15, -0.1) is 0 Å². The van der Waals surface area contributed by atoms with Gasteiger partial charge in [-0.2, -0.15) is 0 Å². The fourth-order valence-corrected chi connectivity index (χ4v) is 2.64. The average Bonchev–Trinajstić information content (AvgIpc) is 2.78. The molecule has 0 aliphatic rings. The highest BCUT2D eigenvalue weighted by atomic mass is 16.5. The molecule has 0 spiro atoms. The molecular weight excluding hydrogens is 368 g/mol. The van der Waals surface area contributed by atoms with Crippen molar-refractivity contribution in [2.45, 2.75) is 6.54 Å². The monoisotopic (exact) mass is 392 g/mol. The topological polar surface area (TPSA) is 68.8 Å². The fourth-order valence-electron chi connectivity index (χ4n) is 2.64. The van der Waals surface area contributed by atoms with E-state index in [0.29, 0.717) is 31.1 Å². The Hall–Kier alpha value is -3.51. The summed E-state index contributed by atoms with van der Waals surface area (Å²) in [6.45, 7) is 1.47. The second-order valence-corrected chi connectivity index (χ2v) is 6.20. The van der Waals surface area contributed by atoms with Gasteiger partial charge in [-0.1, -0.05) is 30.3 Å². The number of hydrazine groups is 1. The normalized spacial score (nSPS) is 10.2. The summed E-state index contributed by atoms with van der Waals surface area (Å²) in [5.41, 5.74) is 8.95. The van der Waals surface area contributed by atoms with Crippen LogP contribution in [0.15, 0.2) is 78.9 Å². The summed E-state index contributed by atoms with van der Waals surface area (Å²) in [5.74, 6) is 1.09. The number of carbonyl (C=O) groups is 1. The van der Waals surface area contributed by atoms with Gasteiger partial charge in [-0.05, 0) is 54.1 Å². The third-order valence-electron chi connectivity index (χ3n) is 4.09. The second-order valence-electron chi connectivity index (χ2n) is 6.20. The summed E-state index contributed by atoms with van der Waals surface area (Å²) < 4.78 is 16.1. The van der Waals surface area contributed by atoms with Gasteiger partial charge in [0.25, 0.3) is 0 Å². The van der Waals surface area contributed by atoms with E-state index >= 15 is 0 Å². The minimum atomic E-state index is -0.367. The van der Waals surface area contributed by atoms with Crippen LogP contribution in [0.5, 0.6) is 11.5 Å². The van der Waals surface area contributed by atoms with Crippen LogP contribution in [0.2, 0.25) is 0 Å². The van der Waals surface area contributed by atoms with Crippen molar-refractivity contribution >= 4 is 11.7 Å². The maximum absolute atomic E-state index is 11.4. The van der Waals surface area contributed by atoms with Gasteiger partial charge in [0.05, 0.1) is 12.7 Å². The van der Waals surface area contributed by atoms with Gasteiger partial charge in [0.1, 0.15) is 24.7 Å². The van der Waals surface area contributed by atoms with Crippen molar-refractivity contribution in [2.24, 2.45) is 0 Å². The van der Waals surface area contributed by atoms with Crippen LogP contribution >= 0.6 is 0 Å². The van der Waals surface area contributed by atoms with Gasteiger partial charge in [-0.3, -0.25) is 0 Å². The average molecular weight is 392 g/mol. The van der Waals surface area contributed by atoms with E-state index in [0.717, 1.165) is 17.0 Å². The third-order valence-corrected chi connectivity index (χ3v) is 4.09. The first-order valence-electron chi connectivity index (χ1n) is 9.31. The molecule has 29 heavy (non-hydrogen) atoms. The summed E-state index contributed by atoms with van der Waals surface area (Å²) in [4.78, 5) is 11.4. The number of anilines is 1. The van der Waals surface area contributed by atoms with Gasteiger partial charge >= 0.3 is 5.97 Å². The minimum absolute atomic E-state index is 0.367. The molecule has 0 amide bonds. The summed E-state index contributed by atoms with van der Waals surface area (Å²) >= 11 is 0. The van der Waals surface area contributed by atoms with E-state index in [1.807, 2.05) is 54.6 Å². The van der Waals surface area contributed by atoms with E-state index in [9.17, 15) is 4.79 Å². The zero-order chi connectivity index (χ0) is 20.3. The molecule has 0 saturated carbocycles. The van der Waals surface area contributed by atoms with E-state index in [2.05, 4.69) is 15.6 Å². The first-order valence-corrected chi connectivity index (χ1v) is 9.31. The molecule has 0 heterocycles. The van der Waals surface area contributed by atoms with Crippen molar-refractivity contribution in [3.05, 3.63) is 90.0 Å². The van der Waals surface area contributed by atoms with Crippen LogP contribution in [-0.2, 0) is 11.3 Å². The standard InChI is InChI=1S/C23H24N2O4/c1-27-23(26)19-10-12-21(13-11-19)28-14-15-29-22-9-5-6-18(16-22)17-24-25-20-7-3-2-4-8-20/h2-13,16,24-25H,14-15,17H2,1H3. The number of benzene rings is 3. The van der Waals surface area contributed by atoms with Gasteiger partial charge in [-0.25, -0.2) is 10.2 Å². The minimum Gasteiger partial charge on any atom is -0.490 e. The number of esters is 1. The Morgan fingerprint density at radius 2 is 1.55 bits per heavy atom. The maximum Gasteiger partial charge on any atom is 0.337 e. The molecule has 3 aromatic carbocycles. The van der Waals surface area contributed by atoms with Crippen LogP contribution in [0.25, 0.3) is 0 Å². The lowest BCUT2D eigenvalue weighted by molar-refractivity contribution is 0.0600. The molecule has 0 saturated heterocycles. The van der Waals surface area contributed by atoms with Crippen LogP contribution in [0.4, 0.5) is 5.69 Å². The van der Waals surface area contributed by atoms with E-state index in [1.165, 1.54) is 7.11 Å². The highest BCUT2D eigenvalue weighted by molar-refractivity contribution is 5.89. The van der Waals surface area contributed by atoms with Crippen LogP contribution in [0.3, 0.4) is 0 Å². The molecule has 0 bridgehead atoms. The van der Waals surface area contributed by atoms with Crippen LogP contribution in [0.1, 0.15) is 15.9 Å². The summed E-state index contributed by atoms with van der Waals surface area (Å²) in [6.07, 6.45) is 0. The molecule has 6 heteroatoms. The lowest BCUT2D eigenvalue weighted by Gasteiger charge is -2.11. The van der Waals surface area contributed by atoms with Crippen molar-refractivity contribution in [2.75, 3.05) is 25.7 Å². The van der Waals surface area contributed by atoms with Crippen molar-refractivity contribution in [3.8, 4) is 11.5 Å². The summed E-state index contributed by atoms with van der Waals surface area (Å²) in [6, 6.07) is 24.6. The first-order chi connectivity index (χ1) is 14.2. The Morgan fingerprint density at radius 1 is 0.828 bits per heavy atom. The van der Waals surface area contributed by atoms with Crippen molar-refractivity contribution in [3.63, 3.8) is 0 Å². The lowest BCUT2D eigenvalue weighted by Crippen LogP contribution is -2.20. The van der Waals surface area contributed by atoms with Gasteiger partial charge < -0.3 is 19.6 Å². The van der Waals surface area contributed by atoms with Crippen LogP contribution < -0.4 is 20.3 Å². The molecule has 0 unspecified atom stereocenters. The van der Waals surface area contributed by atoms with Gasteiger partial charge in [0, 0.05) is 12.2 Å². The SMILES string of the molecule is COC(=O)c1ccc(OCCOc2cccc(CNNc3ccccc3)c2)cc1. The Kier molecular flexibility index (Phi) is 7.48. The number of hydrogen-bond acceptors (Lipinski definition) is 6. The maximum atomic E-state index is 11.4. The molecule has 0 fully saturated rings. The van der Waals surface area contributed by atoms with E-state index in [1.54, 1.807) is 24.3 Å². The number of carbonyl (C=O) groups excluding carboxylic acids is 1. The summed E-state index contributed by atoms with van der Waals surface area (Å²) in [5, 5.41) is 0. The Balaban J connectivity index is 1.39. The zero-order valence-electron chi connectivity index (χ0n) is 16.3. The quantitative estimate of drug-likeness (QED) is 0.308. The largest absolute Gasteiger partial charge is 0.490 e. The number of hydrogen-bond donors (Lipinski definition) is 2. The third kappa shape index (κ3) is 6.55. The molecule has 0 atom stereocenters. The zero-order valence-corrected chi connectivity index (χ0v) is 16.3. The Labute approximate surface area is 170 Å². The van der Waals surface area contributed by atoms with Crippen LogP contribution in [0, 0.1) is 0 Å². The number of methoxy groups -OCH3 is 1. The Morgan fingerprint density at radius 3 is 2.28 bits per heavy atom. The van der Waals surface area contributed by atoms with Crippen LogP contribution in [-0.4, -0.2) is 26.3 Å². The fraction of sp³-hybridized carbons (Fsp3) is 0.174. The Bertz CT molecular complexity index is 898. The van der Waals surface area contributed by atoms with E-state index in [4.69, 9.17) is 9.47 Å². The highest BCUT2D eigenvalue weighted by Crippen LogP contribution is 2.15. The predicted octanol–water partition coefficient (Wildman–Crippen LogP) is 4.05. The molecule has 0 radical (unpaired) electrons. The molecule has 150 valence electrons. The molecule has 3 aromatic rings. The molecule has 0 aromatic heterocycles. The number of para-hydroxylation sites is 1. The molecular formula is C23H24N2O4. The molecule has 6 nitrogen and oxygen atoms in total.